The molecular formula is C16H15N3O4S. The molecular weight excluding hydrogens is 330 g/mol. The van der Waals surface area contributed by atoms with Gasteiger partial charge >= 0.3 is 5.76 Å². The topological polar surface area (TPSA) is 81.5 Å². The van der Waals surface area contributed by atoms with Gasteiger partial charge in [-0.05, 0) is 36.4 Å². The lowest BCUT2D eigenvalue weighted by Gasteiger charge is -2.23. The number of nitrogens with zero attached hydrogens (tertiary/aromatic N) is 3. The number of thiophene rings is 1. The number of hydrogen-bond acceptors (Lipinski definition) is 6. The van der Waals surface area contributed by atoms with E-state index in [1.165, 1.54) is 11.1 Å². The van der Waals surface area contributed by atoms with Crippen molar-refractivity contribution in [2.45, 2.75) is 25.4 Å². The summed E-state index contributed by atoms with van der Waals surface area (Å²) in [6.07, 6.45) is 3.37. The standard InChI is InChI=1S/C16H15N3O4S/c20-14(18-7-1-4-11(18)13-6-3-9-24-13)10-19-16(21)23-15(17-19)12-5-2-8-22-12/h2-3,5-6,8-9,11H,1,4,7,10H2. The van der Waals surface area contributed by atoms with Crippen molar-refractivity contribution in [2.24, 2.45) is 0 Å². The van der Waals surface area contributed by atoms with E-state index in [0.29, 0.717) is 12.3 Å². The fraction of sp³-hybridized carbons (Fsp3) is 0.312. The van der Waals surface area contributed by atoms with Crippen molar-refractivity contribution < 1.29 is 13.6 Å². The number of hydrogen-bond donors (Lipinski definition) is 0. The summed E-state index contributed by atoms with van der Waals surface area (Å²) >= 11 is 1.64. The van der Waals surface area contributed by atoms with Crippen LogP contribution in [0.4, 0.5) is 0 Å². The Bertz CT molecular complexity index is 879. The molecule has 1 fully saturated rings. The molecule has 4 rings (SSSR count). The number of furan rings is 1. The summed E-state index contributed by atoms with van der Waals surface area (Å²) in [5.41, 5.74) is 0. The fourth-order valence-electron chi connectivity index (χ4n) is 2.97. The lowest BCUT2D eigenvalue weighted by molar-refractivity contribution is -0.133. The van der Waals surface area contributed by atoms with Gasteiger partial charge in [0, 0.05) is 11.4 Å². The van der Waals surface area contributed by atoms with Gasteiger partial charge in [-0.15, -0.1) is 16.4 Å². The molecule has 0 aliphatic carbocycles. The maximum absolute atomic E-state index is 12.6. The van der Waals surface area contributed by atoms with Gasteiger partial charge in [0.2, 0.25) is 5.91 Å². The van der Waals surface area contributed by atoms with Crippen LogP contribution in [0.5, 0.6) is 0 Å². The first-order valence-electron chi connectivity index (χ1n) is 7.67. The van der Waals surface area contributed by atoms with Crippen molar-refractivity contribution >= 4 is 17.2 Å². The molecule has 1 amide bonds. The van der Waals surface area contributed by atoms with Crippen molar-refractivity contribution in [3.05, 3.63) is 51.3 Å². The van der Waals surface area contributed by atoms with Gasteiger partial charge in [-0.25, -0.2) is 4.79 Å². The zero-order chi connectivity index (χ0) is 16.5. The summed E-state index contributed by atoms with van der Waals surface area (Å²) in [5, 5.41) is 6.06. The van der Waals surface area contributed by atoms with E-state index in [-0.39, 0.29) is 24.4 Å². The Balaban J connectivity index is 1.53. The lowest BCUT2D eigenvalue weighted by atomic mass is 10.2. The fourth-order valence-corrected chi connectivity index (χ4v) is 3.84. The Kier molecular flexibility index (Phi) is 3.81. The molecule has 3 aromatic rings. The van der Waals surface area contributed by atoms with Gasteiger partial charge in [0.15, 0.2) is 5.76 Å². The molecule has 1 atom stereocenters. The van der Waals surface area contributed by atoms with Gasteiger partial charge in [-0.1, -0.05) is 6.07 Å². The lowest BCUT2D eigenvalue weighted by Crippen LogP contribution is -2.35. The van der Waals surface area contributed by atoms with Gasteiger partial charge in [0.25, 0.3) is 5.89 Å². The highest BCUT2D eigenvalue weighted by atomic mass is 32.1. The van der Waals surface area contributed by atoms with E-state index in [2.05, 4.69) is 5.10 Å². The average molecular weight is 345 g/mol. The first-order valence-corrected chi connectivity index (χ1v) is 8.55. The van der Waals surface area contributed by atoms with E-state index in [1.54, 1.807) is 23.5 Å². The van der Waals surface area contributed by atoms with E-state index in [1.807, 2.05) is 22.4 Å². The summed E-state index contributed by atoms with van der Waals surface area (Å²) < 4.78 is 11.3. The van der Waals surface area contributed by atoms with E-state index >= 15 is 0 Å². The molecule has 1 unspecified atom stereocenters. The first kappa shape index (κ1) is 14.9. The highest BCUT2D eigenvalue weighted by Crippen LogP contribution is 2.34. The molecule has 3 aromatic heterocycles. The Morgan fingerprint density at radius 3 is 3.04 bits per heavy atom. The summed E-state index contributed by atoms with van der Waals surface area (Å²) in [6.45, 7) is 0.559. The van der Waals surface area contributed by atoms with Crippen molar-refractivity contribution in [3.63, 3.8) is 0 Å². The van der Waals surface area contributed by atoms with Crippen LogP contribution in [0.2, 0.25) is 0 Å². The molecule has 0 N–H and O–H groups in total. The third-order valence-corrected chi connectivity index (χ3v) is 5.04. The van der Waals surface area contributed by atoms with Crippen LogP contribution < -0.4 is 5.76 Å². The minimum atomic E-state index is -0.665. The molecule has 1 aliphatic rings. The van der Waals surface area contributed by atoms with Crippen LogP contribution in [-0.4, -0.2) is 27.1 Å². The van der Waals surface area contributed by atoms with E-state index < -0.39 is 5.76 Å². The van der Waals surface area contributed by atoms with Gasteiger partial charge in [0.1, 0.15) is 6.54 Å². The number of carbonyl (C=O) groups is 1. The minimum Gasteiger partial charge on any atom is -0.459 e. The minimum absolute atomic E-state index is 0.0778. The molecule has 7 nitrogen and oxygen atoms in total. The van der Waals surface area contributed by atoms with Crippen LogP contribution in [0.15, 0.2) is 49.5 Å². The van der Waals surface area contributed by atoms with Crippen LogP contribution >= 0.6 is 11.3 Å². The zero-order valence-corrected chi connectivity index (χ0v) is 13.6. The second-order valence-electron chi connectivity index (χ2n) is 5.57. The van der Waals surface area contributed by atoms with Crippen LogP contribution in [0.25, 0.3) is 11.7 Å². The molecule has 8 heteroatoms. The molecule has 0 aromatic carbocycles. The second kappa shape index (κ2) is 6.12. The number of aromatic nitrogens is 2. The molecule has 1 saturated heterocycles. The third kappa shape index (κ3) is 2.69. The van der Waals surface area contributed by atoms with E-state index in [9.17, 15) is 9.59 Å². The predicted octanol–water partition coefficient (Wildman–Crippen LogP) is 2.52. The second-order valence-corrected chi connectivity index (χ2v) is 6.55. The normalized spacial score (nSPS) is 17.5. The van der Waals surface area contributed by atoms with Crippen LogP contribution in [-0.2, 0) is 11.3 Å². The molecule has 1 aliphatic heterocycles. The summed E-state index contributed by atoms with van der Waals surface area (Å²) in [6, 6.07) is 7.43. The Morgan fingerprint density at radius 1 is 1.38 bits per heavy atom. The third-order valence-electron chi connectivity index (χ3n) is 4.07. The molecule has 0 radical (unpaired) electrons. The zero-order valence-electron chi connectivity index (χ0n) is 12.8. The maximum Gasteiger partial charge on any atom is 0.437 e. The number of amides is 1. The summed E-state index contributed by atoms with van der Waals surface area (Å²) in [4.78, 5) is 27.5. The summed E-state index contributed by atoms with van der Waals surface area (Å²) in [7, 11) is 0. The van der Waals surface area contributed by atoms with E-state index in [0.717, 1.165) is 17.5 Å². The van der Waals surface area contributed by atoms with Gasteiger partial charge < -0.3 is 13.7 Å². The first-order chi connectivity index (χ1) is 11.7. The van der Waals surface area contributed by atoms with E-state index in [4.69, 9.17) is 8.83 Å². The van der Waals surface area contributed by atoms with Crippen molar-refractivity contribution in [1.82, 2.24) is 14.7 Å². The molecule has 0 saturated carbocycles. The van der Waals surface area contributed by atoms with Crippen LogP contribution in [0.1, 0.15) is 23.8 Å². The summed E-state index contributed by atoms with van der Waals surface area (Å²) in [5.74, 6) is -0.362. The highest BCUT2D eigenvalue weighted by Gasteiger charge is 2.31. The molecule has 4 heterocycles. The van der Waals surface area contributed by atoms with Crippen molar-refractivity contribution in [3.8, 4) is 11.7 Å². The molecule has 24 heavy (non-hydrogen) atoms. The maximum atomic E-state index is 12.6. The van der Waals surface area contributed by atoms with Gasteiger partial charge in [-0.3, -0.25) is 4.79 Å². The molecule has 0 bridgehead atoms. The SMILES string of the molecule is O=C(Cn1nc(-c2ccco2)oc1=O)N1CCCC1c1cccs1. The Morgan fingerprint density at radius 2 is 2.29 bits per heavy atom. The van der Waals surface area contributed by atoms with Crippen LogP contribution in [0, 0.1) is 0 Å². The van der Waals surface area contributed by atoms with Crippen LogP contribution in [0.3, 0.4) is 0 Å². The number of rotatable bonds is 4. The predicted molar refractivity (Wildman–Crippen MR) is 86.5 cm³/mol. The highest BCUT2D eigenvalue weighted by molar-refractivity contribution is 7.10. The molecule has 0 spiro atoms. The quantitative estimate of drug-likeness (QED) is 0.726. The largest absolute Gasteiger partial charge is 0.459 e. The average Bonchev–Trinajstić information content (AvgIpc) is 3.36. The Labute approximate surface area is 141 Å². The number of likely N-dealkylation sites (tertiary alicyclic amines) is 1. The smallest absolute Gasteiger partial charge is 0.437 e. The van der Waals surface area contributed by atoms with Crippen molar-refractivity contribution in [2.75, 3.05) is 6.54 Å². The van der Waals surface area contributed by atoms with Gasteiger partial charge in [0.05, 0.1) is 12.3 Å². The van der Waals surface area contributed by atoms with Crippen molar-refractivity contribution in [1.29, 1.82) is 0 Å². The Hall–Kier alpha value is -2.61. The number of carbonyl (C=O) groups excluding carboxylic acids is 1. The molecule has 124 valence electrons. The monoisotopic (exact) mass is 345 g/mol. The van der Waals surface area contributed by atoms with Gasteiger partial charge in [-0.2, -0.15) is 4.68 Å².